The first-order valence-corrected chi connectivity index (χ1v) is 7.16. The molecule has 0 atom stereocenters. The predicted octanol–water partition coefficient (Wildman–Crippen LogP) is 1.98. The number of anilines is 1. The highest BCUT2D eigenvalue weighted by Crippen LogP contribution is 2.35. The van der Waals surface area contributed by atoms with Crippen molar-refractivity contribution in [1.29, 1.82) is 0 Å². The van der Waals surface area contributed by atoms with Gasteiger partial charge in [-0.2, -0.15) is 5.10 Å². The monoisotopic (exact) mass is 337 g/mol. The van der Waals surface area contributed by atoms with Gasteiger partial charge in [-0.1, -0.05) is 11.6 Å². The number of nitrogens with zero attached hydrogens (tertiary/aromatic N) is 3. The van der Waals surface area contributed by atoms with E-state index < -0.39 is 0 Å². The summed E-state index contributed by atoms with van der Waals surface area (Å²) < 4.78 is 10.7. The number of ether oxygens (including phenoxy) is 2. The Labute approximate surface area is 137 Å². The van der Waals surface area contributed by atoms with Crippen LogP contribution in [0, 0.1) is 6.92 Å². The molecule has 2 N–H and O–H groups in total. The van der Waals surface area contributed by atoms with E-state index in [1.54, 1.807) is 19.1 Å². The number of benzene rings is 1. The zero-order chi connectivity index (χ0) is 16.8. The minimum absolute atomic E-state index is 0.140. The van der Waals surface area contributed by atoms with Gasteiger partial charge in [0, 0.05) is 0 Å². The van der Waals surface area contributed by atoms with E-state index in [4.69, 9.17) is 21.1 Å². The molecule has 0 amide bonds. The van der Waals surface area contributed by atoms with Crippen LogP contribution in [0.25, 0.3) is 0 Å². The number of hydrogen-bond acceptors (Lipinski definition) is 7. The summed E-state index contributed by atoms with van der Waals surface area (Å²) in [5.74, 6) is 1.13. The Morgan fingerprint density at radius 2 is 2.22 bits per heavy atom. The summed E-state index contributed by atoms with van der Waals surface area (Å²) in [6.45, 7) is 3.90. The fourth-order valence-electron chi connectivity index (χ4n) is 1.74. The van der Waals surface area contributed by atoms with Crippen LogP contribution in [0.3, 0.4) is 0 Å². The van der Waals surface area contributed by atoms with Crippen molar-refractivity contribution >= 4 is 23.8 Å². The molecule has 0 fully saturated rings. The van der Waals surface area contributed by atoms with Gasteiger partial charge in [-0.05, 0) is 31.5 Å². The number of H-pyrrole nitrogens is 1. The summed E-state index contributed by atoms with van der Waals surface area (Å²) in [7, 11) is 1.52. The van der Waals surface area contributed by atoms with E-state index in [9.17, 15) is 4.79 Å². The first kappa shape index (κ1) is 16.8. The number of hydrazone groups is 1. The van der Waals surface area contributed by atoms with Crippen LogP contribution in [-0.2, 0) is 0 Å². The average molecular weight is 338 g/mol. The minimum Gasteiger partial charge on any atom is -0.491 e. The molecular weight excluding hydrogens is 322 g/mol. The Balaban J connectivity index is 2.18. The van der Waals surface area contributed by atoms with E-state index >= 15 is 0 Å². The molecule has 0 saturated carbocycles. The molecule has 8 nitrogen and oxygen atoms in total. The first-order valence-electron chi connectivity index (χ1n) is 6.78. The van der Waals surface area contributed by atoms with Crippen LogP contribution in [0.5, 0.6) is 11.5 Å². The van der Waals surface area contributed by atoms with Crippen LogP contribution >= 0.6 is 11.6 Å². The quantitative estimate of drug-likeness (QED) is 0.617. The molecule has 0 bridgehead atoms. The van der Waals surface area contributed by atoms with Gasteiger partial charge in [-0.15, -0.1) is 10.2 Å². The van der Waals surface area contributed by atoms with Gasteiger partial charge in [0.05, 0.1) is 25.0 Å². The number of hydrogen-bond donors (Lipinski definition) is 2. The van der Waals surface area contributed by atoms with Crippen molar-refractivity contribution in [2.24, 2.45) is 5.10 Å². The van der Waals surface area contributed by atoms with E-state index in [0.717, 1.165) is 0 Å². The molecule has 1 aromatic heterocycles. The Morgan fingerprint density at radius 1 is 1.43 bits per heavy atom. The molecule has 2 aromatic rings. The van der Waals surface area contributed by atoms with E-state index in [1.807, 2.05) is 6.92 Å². The predicted molar refractivity (Wildman–Crippen MR) is 87.8 cm³/mol. The third-order valence-corrected chi connectivity index (χ3v) is 3.06. The molecular formula is C14H16ClN5O3. The summed E-state index contributed by atoms with van der Waals surface area (Å²) in [6.07, 6.45) is 1.51. The van der Waals surface area contributed by atoms with Gasteiger partial charge in [-0.3, -0.25) is 9.78 Å². The average Bonchev–Trinajstić information content (AvgIpc) is 2.51. The maximum absolute atomic E-state index is 11.4. The highest BCUT2D eigenvalue weighted by Gasteiger charge is 2.10. The van der Waals surface area contributed by atoms with Crippen molar-refractivity contribution in [3.63, 3.8) is 0 Å². The maximum Gasteiger partial charge on any atom is 0.274 e. The molecule has 0 aliphatic rings. The van der Waals surface area contributed by atoms with Crippen LogP contribution in [0.15, 0.2) is 22.0 Å². The van der Waals surface area contributed by atoms with Crippen LogP contribution < -0.4 is 20.5 Å². The number of rotatable bonds is 6. The number of aromatic nitrogens is 3. The van der Waals surface area contributed by atoms with E-state index in [1.165, 1.54) is 13.3 Å². The summed E-state index contributed by atoms with van der Waals surface area (Å²) in [5.41, 5.74) is 3.23. The van der Waals surface area contributed by atoms with Crippen molar-refractivity contribution in [2.75, 3.05) is 19.1 Å². The highest BCUT2D eigenvalue weighted by molar-refractivity contribution is 6.32. The van der Waals surface area contributed by atoms with Crippen LogP contribution in [0.4, 0.5) is 5.95 Å². The van der Waals surface area contributed by atoms with Gasteiger partial charge in [0.2, 0.25) is 5.95 Å². The molecule has 0 unspecified atom stereocenters. The summed E-state index contributed by atoms with van der Waals surface area (Å²) in [6, 6.07) is 3.42. The van der Waals surface area contributed by atoms with Gasteiger partial charge >= 0.3 is 0 Å². The largest absolute Gasteiger partial charge is 0.491 e. The number of methoxy groups -OCH3 is 1. The second-order valence-electron chi connectivity index (χ2n) is 4.43. The third-order valence-electron chi connectivity index (χ3n) is 2.78. The highest BCUT2D eigenvalue weighted by atomic mass is 35.5. The molecule has 1 aromatic carbocycles. The second kappa shape index (κ2) is 7.59. The van der Waals surface area contributed by atoms with Gasteiger partial charge in [0.25, 0.3) is 5.56 Å². The fraction of sp³-hybridized carbons (Fsp3) is 0.286. The fourth-order valence-corrected chi connectivity index (χ4v) is 2.03. The van der Waals surface area contributed by atoms with Crippen molar-refractivity contribution in [3.8, 4) is 11.5 Å². The molecule has 122 valence electrons. The lowest BCUT2D eigenvalue weighted by atomic mass is 10.2. The molecule has 2 rings (SSSR count). The standard InChI is InChI=1S/C14H16ClN5O3/c1-4-23-11-6-9(5-10(15)12(11)22-3)7-16-19-14-17-13(21)8(2)18-20-14/h5-7H,4H2,1-3H3,(H2,17,19,20,21)/b16-7+. The van der Waals surface area contributed by atoms with Crippen molar-refractivity contribution in [3.05, 3.63) is 38.8 Å². The molecule has 1 heterocycles. The van der Waals surface area contributed by atoms with Gasteiger partial charge in [-0.25, -0.2) is 5.43 Å². The molecule has 0 radical (unpaired) electrons. The second-order valence-corrected chi connectivity index (χ2v) is 4.83. The summed E-state index contributed by atoms with van der Waals surface area (Å²) in [5, 5.41) is 11.8. The summed E-state index contributed by atoms with van der Waals surface area (Å²) >= 11 is 6.15. The van der Waals surface area contributed by atoms with Crippen molar-refractivity contribution < 1.29 is 9.47 Å². The van der Waals surface area contributed by atoms with Crippen molar-refractivity contribution in [2.45, 2.75) is 13.8 Å². The first-order chi connectivity index (χ1) is 11.0. The number of aryl methyl sites for hydroxylation is 1. The van der Waals surface area contributed by atoms with Gasteiger partial charge in [0.15, 0.2) is 11.5 Å². The normalized spacial score (nSPS) is 10.8. The van der Waals surface area contributed by atoms with E-state index in [0.29, 0.717) is 28.7 Å². The van der Waals surface area contributed by atoms with Crippen LogP contribution in [0.1, 0.15) is 18.2 Å². The molecule has 9 heteroatoms. The van der Waals surface area contributed by atoms with Crippen LogP contribution in [0.2, 0.25) is 5.02 Å². The van der Waals surface area contributed by atoms with E-state index in [2.05, 4.69) is 25.7 Å². The Hall–Kier alpha value is -2.61. The minimum atomic E-state index is -0.330. The zero-order valence-corrected chi connectivity index (χ0v) is 13.6. The zero-order valence-electron chi connectivity index (χ0n) is 12.9. The topological polar surface area (TPSA) is 101 Å². The third kappa shape index (κ3) is 4.19. The Bertz CT molecular complexity index is 775. The van der Waals surface area contributed by atoms with Crippen LogP contribution in [-0.4, -0.2) is 35.1 Å². The molecule has 0 saturated heterocycles. The number of halogens is 1. The lowest BCUT2D eigenvalue weighted by Gasteiger charge is -2.11. The van der Waals surface area contributed by atoms with Gasteiger partial charge < -0.3 is 9.47 Å². The molecule has 0 aliphatic carbocycles. The Kier molecular flexibility index (Phi) is 5.53. The smallest absolute Gasteiger partial charge is 0.274 e. The van der Waals surface area contributed by atoms with E-state index in [-0.39, 0.29) is 17.2 Å². The summed E-state index contributed by atoms with van der Waals surface area (Å²) in [4.78, 5) is 13.9. The maximum atomic E-state index is 11.4. The lowest BCUT2D eigenvalue weighted by Crippen LogP contribution is -2.15. The molecule has 0 spiro atoms. The Morgan fingerprint density at radius 3 is 2.87 bits per heavy atom. The lowest BCUT2D eigenvalue weighted by molar-refractivity contribution is 0.311. The molecule has 0 aliphatic heterocycles. The number of nitrogens with one attached hydrogen (secondary N) is 2. The number of aromatic amines is 1. The van der Waals surface area contributed by atoms with Gasteiger partial charge in [0.1, 0.15) is 5.69 Å². The SMILES string of the molecule is CCOc1cc(/C=N/Nc2nnc(C)c(=O)[nH]2)cc(Cl)c1OC. The molecule has 23 heavy (non-hydrogen) atoms. The van der Waals surface area contributed by atoms with Crippen molar-refractivity contribution in [1.82, 2.24) is 15.2 Å².